The van der Waals surface area contributed by atoms with Crippen LogP contribution in [0.3, 0.4) is 0 Å². The van der Waals surface area contributed by atoms with Crippen LogP contribution in [0.4, 0.5) is 4.39 Å². The third-order valence-corrected chi connectivity index (χ3v) is 3.37. The van der Waals surface area contributed by atoms with E-state index in [0.29, 0.717) is 12.4 Å². The molecule has 1 aromatic carbocycles. The minimum Gasteiger partial charge on any atom is -0.492 e. The van der Waals surface area contributed by atoms with Crippen molar-refractivity contribution in [2.45, 2.75) is 19.3 Å². The van der Waals surface area contributed by atoms with E-state index in [-0.39, 0.29) is 12.2 Å². The fourth-order valence-electron chi connectivity index (χ4n) is 2.30. The van der Waals surface area contributed by atoms with Crippen molar-refractivity contribution in [3.63, 3.8) is 0 Å². The average molecular weight is 277 g/mol. The summed E-state index contributed by atoms with van der Waals surface area (Å²) in [7, 11) is 0. The number of nitrogens with zero attached hydrogens (tertiary/aromatic N) is 1. The molecule has 0 amide bonds. The number of aliphatic hydroxyl groups is 1. The van der Waals surface area contributed by atoms with Gasteiger partial charge in [-0.15, -0.1) is 0 Å². The molecule has 0 saturated carbocycles. The third kappa shape index (κ3) is 4.52. The first-order chi connectivity index (χ1) is 9.79. The van der Waals surface area contributed by atoms with Crippen LogP contribution in [0.1, 0.15) is 24.8 Å². The smallest absolute Gasteiger partial charge is 0.142 e. The molecule has 0 aromatic heterocycles. The number of hydrogen-bond acceptors (Lipinski definition) is 3. The number of rotatable bonds is 4. The van der Waals surface area contributed by atoms with Crippen molar-refractivity contribution in [3.05, 3.63) is 29.6 Å². The second-order valence-corrected chi connectivity index (χ2v) is 4.85. The second kappa shape index (κ2) is 7.88. The van der Waals surface area contributed by atoms with E-state index in [1.54, 1.807) is 12.1 Å². The molecule has 20 heavy (non-hydrogen) atoms. The third-order valence-electron chi connectivity index (χ3n) is 3.37. The van der Waals surface area contributed by atoms with Gasteiger partial charge in [0.2, 0.25) is 0 Å². The monoisotopic (exact) mass is 277 g/mol. The first-order valence-electron chi connectivity index (χ1n) is 7.04. The molecule has 1 N–H and O–H groups in total. The van der Waals surface area contributed by atoms with Gasteiger partial charge in [-0.3, -0.25) is 4.90 Å². The van der Waals surface area contributed by atoms with E-state index >= 15 is 0 Å². The van der Waals surface area contributed by atoms with Gasteiger partial charge in [0.05, 0.1) is 5.56 Å². The van der Waals surface area contributed by atoms with Crippen LogP contribution in [0, 0.1) is 17.7 Å². The molecule has 1 saturated heterocycles. The molecule has 3 nitrogen and oxygen atoms in total. The fourth-order valence-corrected chi connectivity index (χ4v) is 2.30. The molecule has 0 unspecified atom stereocenters. The SMILES string of the molecule is OCC#Cc1ccc(OCCN2CCCCC2)cc1F. The predicted octanol–water partition coefficient (Wildman–Crippen LogP) is 2.03. The molecule has 0 radical (unpaired) electrons. The van der Waals surface area contributed by atoms with Crippen LogP contribution in [-0.2, 0) is 0 Å². The van der Waals surface area contributed by atoms with Gasteiger partial charge in [-0.2, -0.15) is 0 Å². The topological polar surface area (TPSA) is 32.7 Å². The first-order valence-corrected chi connectivity index (χ1v) is 7.04. The van der Waals surface area contributed by atoms with Crippen molar-refractivity contribution >= 4 is 0 Å². The van der Waals surface area contributed by atoms with Gasteiger partial charge in [0.15, 0.2) is 0 Å². The highest BCUT2D eigenvalue weighted by Crippen LogP contribution is 2.16. The molecule has 108 valence electrons. The van der Waals surface area contributed by atoms with Gasteiger partial charge < -0.3 is 9.84 Å². The summed E-state index contributed by atoms with van der Waals surface area (Å²) in [4.78, 5) is 2.38. The van der Waals surface area contributed by atoms with Gasteiger partial charge in [0, 0.05) is 12.6 Å². The Morgan fingerprint density at radius 3 is 2.75 bits per heavy atom. The Bertz CT molecular complexity index is 487. The summed E-state index contributed by atoms with van der Waals surface area (Å²) < 4.78 is 19.3. The Kier molecular flexibility index (Phi) is 5.85. The number of benzene rings is 1. The molecule has 1 fully saturated rings. The Hall–Kier alpha value is -1.57. The fraction of sp³-hybridized carbons (Fsp3) is 0.500. The van der Waals surface area contributed by atoms with Gasteiger partial charge in [-0.05, 0) is 38.1 Å². The molecule has 1 heterocycles. The molecule has 0 aliphatic carbocycles. The summed E-state index contributed by atoms with van der Waals surface area (Å²) in [5.41, 5.74) is 0.280. The molecule has 1 aliphatic heterocycles. The van der Waals surface area contributed by atoms with Crippen LogP contribution < -0.4 is 4.74 Å². The minimum atomic E-state index is -0.415. The zero-order chi connectivity index (χ0) is 14.2. The van der Waals surface area contributed by atoms with E-state index in [1.807, 2.05) is 0 Å². The summed E-state index contributed by atoms with van der Waals surface area (Å²) >= 11 is 0. The largest absolute Gasteiger partial charge is 0.492 e. The maximum absolute atomic E-state index is 13.7. The highest BCUT2D eigenvalue weighted by Gasteiger charge is 2.09. The van der Waals surface area contributed by atoms with E-state index in [0.717, 1.165) is 19.6 Å². The summed E-state index contributed by atoms with van der Waals surface area (Å²) in [6, 6.07) is 4.63. The van der Waals surface area contributed by atoms with Crippen LogP contribution in [0.25, 0.3) is 0 Å². The molecule has 0 spiro atoms. The van der Waals surface area contributed by atoms with Crippen LogP contribution >= 0.6 is 0 Å². The molecule has 0 atom stereocenters. The zero-order valence-electron chi connectivity index (χ0n) is 11.6. The van der Waals surface area contributed by atoms with Crippen LogP contribution in [-0.4, -0.2) is 42.9 Å². The maximum Gasteiger partial charge on any atom is 0.142 e. The first kappa shape index (κ1) is 14.8. The molecule has 1 aromatic rings. The highest BCUT2D eigenvalue weighted by molar-refractivity contribution is 5.39. The van der Waals surface area contributed by atoms with E-state index in [2.05, 4.69) is 16.7 Å². The molecule has 4 heteroatoms. The zero-order valence-corrected chi connectivity index (χ0v) is 11.6. The van der Waals surface area contributed by atoms with E-state index in [4.69, 9.17) is 9.84 Å². The molecular weight excluding hydrogens is 257 g/mol. The number of piperidine rings is 1. The van der Waals surface area contributed by atoms with E-state index < -0.39 is 5.82 Å². The minimum absolute atomic E-state index is 0.270. The molecule has 1 aliphatic rings. The summed E-state index contributed by atoms with van der Waals surface area (Å²) in [5, 5.41) is 8.59. The quantitative estimate of drug-likeness (QED) is 0.855. The van der Waals surface area contributed by atoms with Gasteiger partial charge >= 0.3 is 0 Å². The number of hydrogen-bond donors (Lipinski definition) is 1. The molecule has 0 bridgehead atoms. The van der Waals surface area contributed by atoms with Gasteiger partial charge in [0.25, 0.3) is 0 Å². The van der Waals surface area contributed by atoms with Crippen molar-refractivity contribution in [3.8, 4) is 17.6 Å². The number of ether oxygens (including phenoxy) is 1. The molecule has 2 rings (SSSR count). The summed E-state index contributed by atoms with van der Waals surface area (Å²) in [5.74, 6) is 5.09. The Morgan fingerprint density at radius 1 is 1.25 bits per heavy atom. The predicted molar refractivity (Wildman–Crippen MR) is 76.1 cm³/mol. The van der Waals surface area contributed by atoms with E-state index in [1.165, 1.54) is 25.3 Å². The van der Waals surface area contributed by atoms with Crippen LogP contribution in [0.5, 0.6) is 5.75 Å². The lowest BCUT2D eigenvalue weighted by Crippen LogP contribution is -2.33. The Balaban J connectivity index is 1.82. The Morgan fingerprint density at radius 2 is 2.05 bits per heavy atom. The summed E-state index contributed by atoms with van der Waals surface area (Å²) in [6.07, 6.45) is 3.83. The number of aliphatic hydroxyl groups excluding tert-OH is 1. The van der Waals surface area contributed by atoms with Gasteiger partial charge in [0.1, 0.15) is 24.8 Å². The normalized spacial score (nSPS) is 15.5. The summed E-state index contributed by atoms with van der Waals surface area (Å²) in [6.45, 7) is 3.45. The maximum atomic E-state index is 13.7. The lowest BCUT2D eigenvalue weighted by atomic mass is 10.1. The van der Waals surface area contributed by atoms with Crippen molar-refractivity contribution < 1.29 is 14.2 Å². The van der Waals surface area contributed by atoms with Gasteiger partial charge in [-0.25, -0.2) is 4.39 Å². The van der Waals surface area contributed by atoms with Crippen molar-refractivity contribution in [1.29, 1.82) is 0 Å². The van der Waals surface area contributed by atoms with Crippen molar-refractivity contribution in [2.75, 3.05) is 32.8 Å². The molecular formula is C16H20FNO2. The van der Waals surface area contributed by atoms with E-state index in [9.17, 15) is 4.39 Å². The number of likely N-dealkylation sites (tertiary alicyclic amines) is 1. The lowest BCUT2D eigenvalue weighted by molar-refractivity contribution is 0.183. The second-order valence-electron chi connectivity index (χ2n) is 4.85. The lowest BCUT2D eigenvalue weighted by Gasteiger charge is -2.26. The van der Waals surface area contributed by atoms with Gasteiger partial charge in [-0.1, -0.05) is 18.3 Å². The average Bonchev–Trinajstić information content (AvgIpc) is 2.47. The van der Waals surface area contributed by atoms with Crippen LogP contribution in [0.2, 0.25) is 0 Å². The highest BCUT2D eigenvalue weighted by atomic mass is 19.1. The van der Waals surface area contributed by atoms with Crippen molar-refractivity contribution in [2.24, 2.45) is 0 Å². The van der Waals surface area contributed by atoms with Crippen molar-refractivity contribution in [1.82, 2.24) is 4.90 Å². The Labute approximate surface area is 119 Å². The standard InChI is InChI=1S/C16H20FNO2/c17-16-13-15(7-6-14(16)5-4-11-19)20-12-10-18-8-2-1-3-9-18/h6-7,13,19H,1-3,8-12H2. The number of halogens is 1. The van der Waals surface area contributed by atoms with Crippen LogP contribution in [0.15, 0.2) is 18.2 Å².